The highest BCUT2D eigenvalue weighted by atomic mass is 16.3. The van der Waals surface area contributed by atoms with E-state index in [1.54, 1.807) is 0 Å². The van der Waals surface area contributed by atoms with Crippen LogP contribution >= 0.6 is 0 Å². The molecule has 0 unspecified atom stereocenters. The first-order chi connectivity index (χ1) is 5.79. The molecular weight excluding hydrogens is 154 g/mol. The molecule has 2 N–H and O–H groups in total. The average molecular weight is 173 g/mol. The van der Waals surface area contributed by atoms with Gasteiger partial charge in [0.05, 0.1) is 18.8 Å². The van der Waals surface area contributed by atoms with Crippen molar-refractivity contribution < 1.29 is 10.2 Å². The molecule has 3 heteroatoms. The van der Waals surface area contributed by atoms with Crippen LogP contribution in [-0.4, -0.2) is 47.0 Å². The van der Waals surface area contributed by atoms with Crippen molar-refractivity contribution in [3.05, 3.63) is 0 Å². The van der Waals surface area contributed by atoms with Crippen LogP contribution < -0.4 is 0 Å². The lowest BCUT2D eigenvalue weighted by Gasteiger charge is -2.38. The zero-order valence-electron chi connectivity index (χ0n) is 7.79. The summed E-state index contributed by atoms with van der Waals surface area (Å²) in [7, 11) is 0. The Balaban J connectivity index is 2.61. The molecule has 0 aromatic heterocycles. The van der Waals surface area contributed by atoms with Gasteiger partial charge in [-0.25, -0.2) is 0 Å². The number of nitrogens with zero attached hydrogens (tertiary/aromatic N) is 1. The maximum Gasteiger partial charge on any atom is 0.0670 e. The number of likely N-dealkylation sites (tertiary alicyclic amines) is 1. The van der Waals surface area contributed by atoms with E-state index in [0.717, 1.165) is 19.5 Å². The van der Waals surface area contributed by atoms with Gasteiger partial charge in [0.2, 0.25) is 0 Å². The molecule has 1 aliphatic rings. The maximum absolute atomic E-state index is 9.24. The number of aliphatic hydroxyl groups is 2. The summed E-state index contributed by atoms with van der Waals surface area (Å²) < 4.78 is 0. The zero-order valence-corrected chi connectivity index (χ0v) is 7.79. The largest absolute Gasteiger partial charge is 0.394 e. The van der Waals surface area contributed by atoms with E-state index < -0.39 is 0 Å². The number of hydrogen-bond donors (Lipinski definition) is 2. The third kappa shape index (κ3) is 1.63. The number of rotatable bonds is 4. The molecule has 0 amide bonds. The van der Waals surface area contributed by atoms with E-state index >= 15 is 0 Å². The Morgan fingerprint density at radius 1 is 1.17 bits per heavy atom. The van der Waals surface area contributed by atoms with E-state index in [9.17, 15) is 10.2 Å². The van der Waals surface area contributed by atoms with Crippen molar-refractivity contribution in [1.29, 1.82) is 0 Å². The zero-order chi connectivity index (χ0) is 9.03. The fourth-order valence-electron chi connectivity index (χ4n) is 1.89. The second kappa shape index (κ2) is 4.21. The van der Waals surface area contributed by atoms with Crippen LogP contribution in [-0.2, 0) is 0 Å². The van der Waals surface area contributed by atoms with E-state index in [0.29, 0.717) is 0 Å². The first-order valence-electron chi connectivity index (χ1n) is 4.76. The summed E-state index contributed by atoms with van der Waals surface area (Å²) in [5.74, 6) is 0. The molecule has 0 spiro atoms. The smallest absolute Gasteiger partial charge is 0.0670 e. The van der Waals surface area contributed by atoms with Crippen molar-refractivity contribution >= 4 is 0 Å². The summed E-state index contributed by atoms with van der Waals surface area (Å²) in [6, 6.07) is 0. The Kier molecular flexibility index (Phi) is 3.50. The number of hydrogen-bond acceptors (Lipinski definition) is 3. The van der Waals surface area contributed by atoms with E-state index in [1.165, 1.54) is 12.8 Å². The molecule has 3 nitrogen and oxygen atoms in total. The van der Waals surface area contributed by atoms with Gasteiger partial charge in [-0.1, -0.05) is 6.92 Å². The lowest BCUT2D eigenvalue weighted by Crippen LogP contribution is -2.52. The number of aliphatic hydroxyl groups excluding tert-OH is 2. The van der Waals surface area contributed by atoms with Gasteiger partial charge in [0, 0.05) is 0 Å². The Bertz CT molecular complexity index is 120. The molecule has 0 aliphatic carbocycles. The van der Waals surface area contributed by atoms with Crippen LogP contribution in [0.3, 0.4) is 0 Å². The molecule has 0 bridgehead atoms. The van der Waals surface area contributed by atoms with Crippen molar-refractivity contribution in [2.24, 2.45) is 0 Å². The van der Waals surface area contributed by atoms with Gasteiger partial charge >= 0.3 is 0 Å². The molecule has 1 saturated heterocycles. The van der Waals surface area contributed by atoms with Gasteiger partial charge in [-0.05, 0) is 32.4 Å². The Labute approximate surface area is 74.0 Å². The van der Waals surface area contributed by atoms with Gasteiger partial charge in [0.1, 0.15) is 0 Å². The van der Waals surface area contributed by atoms with Crippen LogP contribution in [0.2, 0.25) is 0 Å². The summed E-state index contributed by atoms with van der Waals surface area (Å²) in [6.07, 6.45) is 3.21. The molecule has 0 atom stereocenters. The molecule has 0 aromatic carbocycles. The Hall–Kier alpha value is -0.120. The van der Waals surface area contributed by atoms with E-state index in [1.807, 2.05) is 6.92 Å². The molecule has 1 rings (SSSR count). The predicted molar refractivity (Wildman–Crippen MR) is 48.0 cm³/mol. The minimum absolute atomic E-state index is 0.0694. The first kappa shape index (κ1) is 9.96. The lowest BCUT2D eigenvalue weighted by molar-refractivity contribution is -0.00240. The average Bonchev–Trinajstić information content (AvgIpc) is 2.62. The Morgan fingerprint density at radius 3 is 2.00 bits per heavy atom. The highest BCUT2D eigenvalue weighted by Gasteiger charge is 2.35. The van der Waals surface area contributed by atoms with Gasteiger partial charge in [-0.2, -0.15) is 0 Å². The van der Waals surface area contributed by atoms with Crippen LogP contribution in [0.5, 0.6) is 0 Å². The second-order valence-corrected chi connectivity index (χ2v) is 3.59. The molecule has 0 radical (unpaired) electrons. The van der Waals surface area contributed by atoms with Gasteiger partial charge < -0.3 is 10.2 Å². The van der Waals surface area contributed by atoms with Crippen LogP contribution in [0.15, 0.2) is 0 Å². The third-order valence-electron chi connectivity index (χ3n) is 3.02. The molecule has 1 aliphatic heterocycles. The molecule has 72 valence electrons. The molecule has 1 heterocycles. The summed E-state index contributed by atoms with van der Waals surface area (Å²) in [5.41, 5.74) is -0.351. The fourth-order valence-corrected chi connectivity index (χ4v) is 1.89. The maximum atomic E-state index is 9.24. The molecule has 1 fully saturated rings. The van der Waals surface area contributed by atoms with Gasteiger partial charge in [-0.15, -0.1) is 0 Å². The summed E-state index contributed by atoms with van der Waals surface area (Å²) in [5, 5.41) is 18.5. The van der Waals surface area contributed by atoms with E-state index in [4.69, 9.17) is 0 Å². The van der Waals surface area contributed by atoms with Crippen molar-refractivity contribution in [1.82, 2.24) is 4.90 Å². The van der Waals surface area contributed by atoms with Gasteiger partial charge in [0.25, 0.3) is 0 Å². The van der Waals surface area contributed by atoms with Crippen LogP contribution in [0, 0.1) is 0 Å². The third-order valence-corrected chi connectivity index (χ3v) is 3.02. The molecule has 0 aromatic rings. The van der Waals surface area contributed by atoms with E-state index in [2.05, 4.69) is 4.90 Å². The SMILES string of the molecule is CCC(CO)(CO)N1CCCC1. The lowest BCUT2D eigenvalue weighted by atomic mass is 9.96. The summed E-state index contributed by atoms with van der Waals surface area (Å²) >= 11 is 0. The minimum Gasteiger partial charge on any atom is -0.394 e. The quantitative estimate of drug-likeness (QED) is 0.639. The second-order valence-electron chi connectivity index (χ2n) is 3.59. The van der Waals surface area contributed by atoms with Gasteiger partial charge in [-0.3, -0.25) is 4.90 Å². The van der Waals surface area contributed by atoms with Crippen molar-refractivity contribution in [3.8, 4) is 0 Å². The molecular formula is C9H19NO2. The summed E-state index contributed by atoms with van der Waals surface area (Å²) in [6.45, 7) is 4.20. The van der Waals surface area contributed by atoms with Crippen molar-refractivity contribution in [3.63, 3.8) is 0 Å². The predicted octanol–water partition coefficient (Wildman–Crippen LogP) is 0.216. The normalized spacial score (nSPS) is 20.2. The highest BCUT2D eigenvalue weighted by molar-refractivity contribution is 4.90. The van der Waals surface area contributed by atoms with Crippen molar-refractivity contribution in [2.75, 3.05) is 26.3 Å². The monoisotopic (exact) mass is 173 g/mol. The Morgan fingerprint density at radius 2 is 1.67 bits per heavy atom. The minimum atomic E-state index is -0.351. The van der Waals surface area contributed by atoms with Crippen molar-refractivity contribution in [2.45, 2.75) is 31.7 Å². The first-order valence-corrected chi connectivity index (χ1v) is 4.76. The van der Waals surface area contributed by atoms with Crippen LogP contribution in [0.4, 0.5) is 0 Å². The fraction of sp³-hybridized carbons (Fsp3) is 1.00. The molecule has 0 saturated carbocycles. The van der Waals surface area contributed by atoms with E-state index in [-0.39, 0.29) is 18.8 Å². The van der Waals surface area contributed by atoms with Gasteiger partial charge in [0.15, 0.2) is 0 Å². The topological polar surface area (TPSA) is 43.7 Å². The standard InChI is InChI=1S/C9H19NO2/c1-2-9(7-11,8-12)10-5-3-4-6-10/h11-12H,2-8H2,1H3. The van der Waals surface area contributed by atoms with Crippen LogP contribution in [0.1, 0.15) is 26.2 Å². The molecule has 12 heavy (non-hydrogen) atoms. The van der Waals surface area contributed by atoms with Crippen LogP contribution in [0.25, 0.3) is 0 Å². The summed E-state index contributed by atoms with van der Waals surface area (Å²) in [4.78, 5) is 2.22. The highest BCUT2D eigenvalue weighted by Crippen LogP contribution is 2.23.